The van der Waals surface area contributed by atoms with Gasteiger partial charge in [0.05, 0.1) is 26.4 Å². The fraction of sp³-hybridized carbons (Fsp3) is 0.948. The van der Waals surface area contributed by atoms with E-state index in [4.69, 9.17) is 37.0 Å². The van der Waals surface area contributed by atoms with Crippen LogP contribution in [-0.4, -0.2) is 96.7 Å². The highest BCUT2D eigenvalue weighted by Crippen LogP contribution is 2.45. The predicted molar refractivity (Wildman–Crippen MR) is 391 cm³/mol. The van der Waals surface area contributed by atoms with Crippen molar-refractivity contribution in [3.63, 3.8) is 0 Å². The van der Waals surface area contributed by atoms with Crippen LogP contribution in [0.1, 0.15) is 389 Å². The normalized spacial score (nSPS) is 14.4. The summed E-state index contributed by atoms with van der Waals surface area (Å²) >= 11 is 0. The Kier molecular flexibility index (Phi) is 65.0. The van der Waals surface area contributed by atoms with Crippen LogP contribution in [-0.2, 0) is 65.4 Å². The smallest absolute Gasteiger partial charge is 0.462 e. The molecule has 0 saturated carbocycles. The van der Waals surface area contributed by atoms with E-state index in [1.807, 2.05) is 0 Å². The van der Waals surface area contributed by atoms with E-state index in [-0.39, 0.29) is 25.7 Å². The van der Waals surface area contributed by atoms with Gasteiger partial charge in [0.15, 0.2) is 12.2 Å². The molecule has 4 unspecified atom stereocenters. The van der Waals surface area contributed by atoms with E-state index >= 15 is 0 Å². The van der Waals surface area contributed by atoms with E-state index in [0.29, 0.717) is 31.6 Å². The average molecular weight is 1410 g/mol. The first-order valence-electron chi connectivity index (χ1n) is 39.7. The molecule has 0 bridgehead atoms. The summed E-state index contributed by atoms with van der Waals surface area (Å²) in [6.07, 6.45) is 51.6. The van der Waals surface area contributed by atoms with Crippen LogP contribution in [0, 0.1) is 23.7 Å². The highest BCUT2D eigenvalue weighted by Gasteiger charge is 2.30. The molecule has 0 amide bonds. The Balaban J connectivity index is 5.19. The third kappa shape index (κ3) is 69.2. The Labute approximate surface area is 588 Å². The summed E-state index contributed by atoms with van der Waals surface area (Å²) in [6.45, 7) is 14.2. The average Bonchev–Trinajstić information content (AvgIpc) is 1.08. The molecule has 0 aliphatic heterocycles. The van der Waals surface area contributed by atoms with E-state index in [0.717, 1.165) is 108 Å². The number of rotatable bonds is 74. The molecule has 0 aliphatic rings. The number of aliphatic hydroxyl groups is 1. The molecule has 0 aromatic rings. The quantitative estimate of drug-likeness (QED) is 0.0222. The van der Waals surface area contributed by atoms with Crippen LogP contribution in [0.15, 0.2) is 0 Å². The van der Waals surface area contributed by atoms with Crippen molar-refractivity contribution in [3.05, 3.63) is 0 Å². The molecule has 6 atom stereocenters. The van der Waals surface area contributed by atoms with Gasteiger partial charge in [0, 0.05) is 25.7 Å². The summed E-state index contributed by atoms with van der Waals surface area (Å²) in [5.74, 6) is 0.928. The van der Waals surface area contributed by atoms with Gasteiger partial charge in [0.1, 0.15) is 19.3 Å². The Morgan fingerprint density at radius 3 is 0.740 bits per heavy atom. The lowest BCUT2D eigenvalue weighted by Gasteiger charge is -2.21. The second-order valence-electron chi connectivity index (χ2n) is 29.4. The van der Waals surface area contributed by atoms with Crippen molar-refractivity contribution in [1.82, 2.24) is 0 Å². The van der Waals surface area contributed by atoms with Crippen LogP contribution >= 0.6 is 15.6 Å². The second-order valence-corrected chi connectivity index (χ2v) is 32.3. The minimum atomic E-state index is -4.96. The molecule has 17 nitrogen and oxygen atoms in total. The highest BCUT2D eigenvalue weighted by molar-refractivity contribution is 7.47. The Morgan fingerprint density at radius 2 is 0.500 bits per heavy atom. The van der Waals surface area contributed by atoms with Crippen molar-refractivity contribution in [2.45, 2.75) is 408 Å². The van der Waals surface area contributed by atoms with Crippen molar-refractivity contribution in [2.24, 2.45) is 23.7 Å². The van der Waals surface area contributed by atoms with E-state index in [2.05, 4.69) is 55.4 Å². The Bertz CT molecular complexity index is 1890. The molecule has 570 valence electrons. The summed E-state index contributed by atoms with van der Waals surface area (Å²) in [5.41, 5.74) is 0. The number of unbranched alkanes of at least 4 members (excludes halogenated alkanes) is 39. The zero-order chi connectivity index (χ0) is 71.0. The second kappa shape index (κ2) is 66.3. The van der Waals surface area contributed by atoms with Crippen molar-refractivity contribution < 1.29 is 80.2 Å². The van der Waals surface area contributed by atoms with Gasteiger partial charge in [-0.25, -0.2) is 9.13 Å². The molecule has 0 heterocycles. The van der Waals surface area contributed by atoms with Crippen LogP contribution in [0.2, 0.25) is 0 Å². The molecule has 0 aromatic carbocycles. The Hall–Kier alpha value is -1.94. The number of phosphoric ester groups is 2. The number of carbonyl (C=O) groups is 4. The van der Waals surface area contributed by atoms with Gasteiger partial charge in [-0.2, -0.15) is 0 Å². The number of ether oxygens (including phenoxy) is 4. The molecule has 96 heavy (non-hydrogen) atoms. The lowest BCUT2D eigenvalue weighted by Crippen LogP contribution is -2.30. The van der Waals surface area contributed by atoms with Crippen molar-refractivity contribution >= 4 is 39.5 Å². The molecule has 0 aliphatic carbocycles. The standard InChI is InChI=1S/C77H150O17P2/c1-9-70(8)56-48-40-32-23-18-16-14-12-10-11-13-15-17-19-25-35-43-51-59-76(81)93-72(63-87-74(79)57-49-41-33-24-21-20-22-29-37-45-53-67(2)3)65-91-95(83,84)89-61-71(78)62-90-96(85,86)92-66-73(94-77(82)60-52-44-36-28-31-39-47-55-69(6)7)64-88-75(80)58-50-42-34-27-26-30-38-46-54-68(4)5/h67-73,78H,9-66H2,1-8H3,(H,83,84)(H,85,86)/t70?,71?,72-,73-/m1/s1. The number of phosphoric acid groups is 2. The molecule has 0 rings (SSSR count). The van der Waals surface area contributed by atoms with Gasteiger partial charge in [0.2, 0.25) is 0 Å². The van der Waals surface area contributed by atoms with Gasteiger partial charge in [-0.1, -0.05) is 338 Å². The summed E-state index contributed by atoms with van der Waals surface area (Å²) in [4.78, 5) is 72.8. The monoisotopic (exact) mass is 1410 g/mol. The summed E-state index contributed by atoms with van der Waals surface area (Å²) in [5, 5.41) is 10.6. The van der Waals surface area contributed by atoms with Gasteiger partial charge < -0.3 is 33.8 Å². The minimum absolute atomic E-state index is 0.103. The van der Waals surface area contributed by atoms with Gasteiger partial charge in [-0.05, 0) is 49.4 Å². The summed E-state index contributed by atoms with van der Waals surface area (Å²) < 4.78 is 68.5. The lowest BCUT2D eigenvalue weighted by atomic mass is 9.99. The number of carbonyl (C=O) groups excluding carboxylic acids is 4. The third-order valence-electron chi connectivity index (χ3n) is 18.2. The molecule has 0 fully saturated rings. The number of hydrogen-bond acceptors (Lipinski definition) is 15. The largest absolute Gasteiger partial charge is 0.472 e. The van der Waals surface area contributed by atoms with Crippen LogP contribution in [0.4, 0.5) is 0 Å². The molecule has 0 saturated heterocycles. The minimum Gasteiger partial charge on any atom is -0.462 e. The van der Waals surface area contributed by atoms with Gasteiger partial charge in [0.25, 0.3) is 0 Å². The SMILES string of the molecule is CCC(C)CCCCCCCCCCCCCCCCCCCCC(=O)O[C@H](COC(=O)CCCCCCCCCCCCC(C)C)COP(=O)(O)OCC(O)COP(=O)(O)OC[C@@H](COC(=O)CCCCCCCCCCC(C)C)OC(=O)CCCCCCCCCC(C)C. The molecule has 3 N–H and O–H groups in total. The lowest BCUT2D eigenvalue weighted by molar-refractivity contribution is -0.161. The Morgan fingerprint density at radius 1 is 0.292 bits per heavy atom. The van der Waals surface area contributed by atoms with E-state index in [1.165, 1.54) is 193 Å². The van der Waals surface area contributed by atoms with Crippen molar-refractivity contribution in [2.75, 3.05) is 39.6 Å². The molecule has 19 heteroatoms. The van der Waals surface area contributed by atoms with Gasteiger partial charge >= 0.3 is 39.5 Å². The van der Waals surface area contributed by atoms with E-state index < -0.39 is 97.5 Å². The van der Waals surface area contributed by atoms with Crippen molar-refractivity contribution in [3.8, 4) is 0 Å². The first kappa shape index (κ1) is 94.1. The maximum Gasteiger partial charge on any atom is 0.472 e. The molecule has 0 radical (unpaired) electrons. The first-order valence-corrected chi connectivity index (χ1v) is 42.7. The first-order chi connectivity index (χ1) is 46.1. The van der Waals surface area contributed by atoms with Crippen LogP contribution in [0.3, 0.4) is 0 Å². The van der Waals surface area contributed by atoms with Crippen LogP contribution < -0.4 is 0 Å². The zero-order valence-electron chi connectivity index (χ0n) is 63.0. The molecular formula is C77H150O17P2. The maximum absolute atomic E-state index is 13.1. The highest BCUT2D eigenvalue weighted by atomic mass is 31.2. The number of hydrogen-bond donors (Lipinski definition) is 3. The van der Waals surface area contributed by atoms with Crippen LogP contribution in [0.5, 0.6) is 0 Å². The fourth-order valence-electron chi connectivity index (χ4n) is 11.7. The third-order valence-corrected chi connectivity index (χ3v) is 20.1. The zero-order valence-corrected chi connectivity index (χ0v) is 64.8. The topological polar surface area (TPSA) is 237 Å². The van der Waals surface area contributed by atoms with Crippen molar-refractivity contribution in [1.29, 1.82) is 0 Å². The van der Waals surface area contributed by atoms with Gasteiger partial charge in [-0.15, -0.1) is 0 Å². The summed E-state index contributed by atoms with van der Waals surface area (Å²) in [6, 6.07) is 0. The predicted octanol–water partition coefficient (Wildman–Crippen LogP) is 22.4. The molecule has 0 aromatic heterocycles. The van der Waals surface area contributed by atoms with Gasteiger partial charge in [-0.3, -0.25) is 37.3 Å². The summed E-state index contributed by atoms with van der Waals surface area (Å²) in [7, 11) is -9.91. The number of esters is 4. The molecule has 0 spiro atoms. The molecular weight excluding hydrogens is 1260 g/mol. The number of aliphatic hydroxyl groups excluding tert-OH is 1. The van der Waals surface area contributed by atoms with E-state index in [9.17, 15) is 43.2 Å². The maximum atomic E-state index is 13.1. The van der Waals surface area contributed by atoms with E-state index in [1.54, 1.807) is 0 Å². The fourth-order valence-corrected chi connectivity index (χ4v) is 13.3. The van der Waals surface area contributed by atoms with Crippen LogP contribution in [0.25, 0.3) is 0 Å².